The Morgan fingerprint density at radius 3 is 2.82 bits per heavy atom. The van der Waals surface area contributed by atoms with Crippen molar-refractivity contribution in [2.75, 3.05) is 42.3 Å². The third-order valence-electron chi connectivity index (χ3n) is 7.28. The molecule has 0 bridgehead atoms. The Morgan fingerprint density at radius 2 is 1.97 bits per heavy atom. The van der Waals surface area contributed by atoms with Crippen molar-refractivity contribution < 1.29 is 14.3 Å². The van der Waals surface area contributed by atoms with Gasteiger partial charge < -0.3 is 25.2 Å². The van der Waals surface area contributed by atoms with Crippen LogP contribution < -0.4 is 20.3 Å². The van der Waals surface area contributed by atoms with Gasteiger partial charge in [0.15, 0.2) is 0 Å². The summed E-state index contributed by atoms with van der Waals surface area (Å²) in [6.45, 7) is 2.10. The number of carbonyl (C=O) groups excluding carboxylic acids is 2. The zero-order valence-electron chi connectivity index (χ0n) is 21.0. The van der Waals surface area contributed by atoms with Crippen molar-refractivity contribution in [3.8, 4) is 5.75 Å². The summed E-state index contributed by atoms with van der Waals surface area (Å²) >= 11 is 0. The molecule has 0 saturated carbocycles. The number of carbonyl (C=O) groups is 2. The van der Waals surface area contributed by atoms with Crippen LogP contribution in [0.25, 0.3) is 10.9 Å². The number of amides is 3. The second-order valence-electron chi connectivity index (χ2n) is 9.47. The molecule has 11 nitrogen and oxygen atoms in total. The molecule has 1 saturated heterocycles. The van der Waals surface area contributed by atoms with Crippen LogP contribution in [0.2, 0.25) is 0 Å². The summed E-state index contributed by atoms with van der Waals surface area (Å²) in [5.41, 5.74) is 3.71. The summed E-state index contributed by atoms with van der Waals surface area (Å²) in [7, 11) is 1.64. The van der Waals surface area contributed by atoms with Crippen LogP contribution in [-0.2, 0) is 6.42 Å². The molecule has 0 radical (unpaired) electrons. The Labute approximate surface area is 219 Å². The van der Waals surface area contributed by atoms with E-state index in [1.165, 1.54) is 6.33 Å². The van der Waals surface area contributed by atoms with Crippen LogP contribution in [-0.4, -0.2) is 69.8 Å². The molecule has 38 heavy (non-hydrogen) atoms. The third-order valence-corrected chi connectivity index (χ3v) is 7.28. The molecule has 4 heterocycles. The molecule has 11 heteroatoms. The van der Waals surface area contributed by atoms with E-state index >= 15 is 0 Å². The smallest absolute Gasteiger partial charge is 0.322 e. The lowest BCUT2D eigenvalue weighted by molar-refractivity contribution is 0.102. The lowest BCUT2D eigenvalue weighted by atomic mass is 10.0. The van der Waals surface area contributed by atoms with E-state index in [2.05, 4.69) is 35.7 Å². The van der Waals surface area contributed by atoms with Gasteiger partial charge in [0.1, 0.15) is 23.6 Å². The van der Waals surface area contributed by atoms with Crippen LogP contribution in [0.3, 0.4) is 0 Å². The number of aromatic amines is 1. The van der Waals surface area contributed by atoms with E-state index in [0.717, 1.165) is 60.3 Å². The molecule has 4 aromatic rings. The lowest BCUT2D eigenvalue weighted by Gasteiger charge is -2.38. The summed E-state index contributed by atoms with van der Waals surface area (Å²) in [4.78, 5) is 38.7. The number of methoxy groups -OCH3 is 1. The molecule has 3 amide bonds. The summed E-state index contributed by atoms with van der Waals surface area (Å²) in [6.07, 6.45) is 5.48. The van der Waals surface area contributed by atoms with Gasteiger partial charge in [-0.1, -0.05) is 6.07 Å². The van der Waals surface area contributed by atoms with Gasteiger partial charge in [0.25, 0.3) is 5.91 Å². The van der Waals surface area contributed by atoms with Gasteiger partial charge in [0.05, 0.1) is 24.5 Å². The number of ether oxygens (including phenoxy) is 1. The monoisotopic (exact) mass is 512 g/mol. The molecule has 0 atom stereocenters. The fourth-order valence-electron chi connectivity index (χ4n) is 5.22. The van der Waals surface area contributed by atoms with Gasteiger partial charge in [0, 0.05) is 42.8 Å². The molecule has 2 aromatic heterocycles. The number of rotatable bonds is 5. The molecule has 3 N–H and O–H groups in total. The average Bonchev–Trinajstić information content (AvgIpc) is 3.38. The molecule has 6 rings (SSSR count). The molecule has 1 fully saturated rings. The molecule has 0 aliphatic carbocycles. The van der Waals surface area contributed by atoms with E-state index in [1.807, 2.05) is 41.3 Å². The van der Waals surface area contributed by atoms with Gasteiger partial charge in [-0.25, -0.2) is 14.8 Å². The molecular weight excluding hydrogens is 484 g/mol. The van der Waals surface area contributed by atoms with Crippen LogP contribution in [0, 0.1) is 0 Å². The molecule has 0 unspecified atom stereocenters. The third kappa shape index (κ3) is 4.58. The molecule has 0 spiro atoms. The first-order valence-corrected chi connectivity index (χ1v) is 12.6. The second-order valence-corrected chi connectivity index (χ2v) is 9.47. The Hall–Kier alpha value is -4.67. The van der Waals surface area contributed by atoms with E-state index in [1.54, 1.807) is 19.4 Å². The number of urea groups is 1. The standard InChI is InChI=1S/C27H28N8O3/c1-38-19-5-6-21-17(13-19)7-12-35(27(37)32-21)18-8-10-34(11-9-18)25-14-24(28-16-29-25)26(36)31-22-3-2-4-23-20(22)15-30-33-23/h2-6,13-16,18H,7-12H2,1H3,(H,30,33)(H,31,36)(H,32,37). The average molecular weight is 513 g/mol. The van der Waals surface area contributed by atoms with Crippen molar-refractivity contribution >= 4 is 40.0 Å². The van der Waals surface area contributed by atoms with Gasteiger partial charge in [-0.2, -0.15) is 5.10 Å². The fourth-order valence-corrected chi connectivity index (χ4v) is 5.22. The number of fused-ring (bicyclic) bond motifs is 2. The first kappa shape index (κ1) is 23.7. The SMILES string of the molecule is COc1ccc2c(c1)CCN(C1CCN(c3cc(C(=O)Nc4cccc5[nH]ncc45)ncn3)CC1)C(=O)N2. The topological polar surface area (TPSA) is 128 Å². The summed E-state index contributed by atoms with van der Waals surface area (Å²) < 4.78 is 5.34. The minimum Gasteiger partial charge on any atom is -0.497 e. The van der Waals surface area contributed by atoms with Crippen molar-refractivity contribution in [2.24, 2.45) is 0 Å². The largest absolute Gasteiger partial charge is 0.497 e. The number of hydrogen-bond acceptors (Lipinski definition) is 7. The highest BCUT2D eigenvalue weighted by Gasteiger charge is 2.30. The van der Waals surface area contributed by atoms with Gasteiger partial charge in [-0.05, 0) is 55.2 Å². The van der Waals surface area contributed by atoms with Crippen molar-refractivity contribution in [1.82, 2.24) is 25.1 Å². The highest BCUT2D eigenvalue weighted by molar-refractivity contribution is 6.07. The molecule has 194 valence electrons. The van der Waals surface area contributed by atoms with Gasteiger partial charge in [-0.3, -0.25) is 9.89 Å². The maximum atomic E-state index is 13.0. The van der Waals surface area contributed by atoms with Crippen molar-refractivity contribution in [3.05, 3.63) is 66.2 Å². The number of piperidine rings is 1. The van der Waals surface area contributed by atoms with E-state index in [0.29, 0.717) is 18.1 Å². The van der Waals surface area contributed by atoms with Crippen LogP contribution in [0.1, 0.15) is 28.9 Å². The van der Waals surface area contributed by atoms with Crippen molar-refractivity contribution in [2.45, 2.75) is 25.3 Å². The maximum absolute atomic E-state index is 13.0. The Kier molecular flexibility index (Phi) is 6.24. The van der Waals surface area contributed by atoms with Gasteiger partial charge >= 0.3 is 6.03 Å². The van der Waals surface area contributed by atoms with E-state index in [4.69, 9.17) is 4.74 Å². The fraction of sp³-hybridized carbons (Fsp3) is 0.296. The van der Waals surface area contributed by atoms with E-state index in [9.17, 15) is 9.59 Å². The number of aromatic nitrogens is 4. The highest BCUT2D eigenvalue weighted by atomic mass is 16.5. The minimum atomic E-state index is -0.310. The van der Waals surface area contributed by atoms with Crippen molar-refractivity contribution in [3.63, 3.8) is 0 Å². The Morgan fingerprint density at radius 1 is 1.11 bits per heavy atom. The number of benzene rings is 2. The highest BCUT2D eigenvalue weighted by Crippen LogP contribution is 2.29. The number of nitrogens with zero attached hydrogens (tertiary/aromatic N) is 5. The molecule has 2 aromatic carbocycles. The zero-order chi connectivity index (χ0) is 26.1. The predicted molar refractivity (Wildman–Crippen MR) is 144 cm³/mol. The van der Waals surface area contributed by atoms with Crippen LogP contribution in [0.15, 0.2) is 55.0 Å². The lowest BCUT2D eigenvalue weighted by Crippen LogP contribution is -2.49. The first-order valence-electron chi connectivity index (χ1n) is 12.6. The quantitative estimate of drug-likeness (QED) is 0.372. The predicted octanol–water partition coefficient (Wildman–Crippen LogP) is 3.67. The van der Waals surface area contributed by atoms with E-state index in [-0.39, 0.29) is 23.7 Å². The van der Waals surface area contributed by atoms with Crippen LogP contribution >= 0.6 is 0 Å². The zero-order valence-corrected chi connectivity index (χ0v) is 21.0. The first-order chi connectivity index (χ1) is 18.6. The van der Waals surface area contributed by atoms with Crippen LogP contribution in [0.4, 0.5) is 22.0 Å². The summed E-state index contributed by atoms with van der Waals surface area (Å²) in [5, 5.41) is 13.8. The molecule has 2 aliphatic heterocycles. The second kappa shape index (κ2) is 10.0. The molecule has 2 aliphatic rings. The Bertz CT molecular complexity index is 1490. The minimum absolute atomic E-state index is 0.0685. The summed E-state index contributed by atoms with van der Waals surface area (Å²) in [5.74, 6) is 1.18. The van der Waals surface area contributed by atoms with Crippen LogP contribution in [0.5, 0.6) is 5.75 Å². The molecular formula is C27H28N8O3. The number of nitrogens with one attached hydrogen (secondary N) is 3. The number of hydrogen-bond donors (Lipinski definition) is 3. The van der Waals surface area contributed by atoms with Gasteiger partial charge in [-0.15, -0.1) is 0 Å². The van der Waals surface area contributed by atoms with Gasteiger partial charge in [0.2, 0.25) is 0 Å². The maximum Gasteiger partial charge on any atom is 0.322 e. The number of anilines is 3. The normalized spacial score (nSPS) is 16.1. The van der Waals surface area contributed by atoms with E-state index < -0.39 is 0 Å². The number of H-pyrrole nitrogens is 1. The summed E-state index contributed by atoms with van der Waals surface area (Å²) in [6, 6.07) is 13.1. The van der Waals surface area contributed by atoms with Crippen molar-refractivity contribution in [1.29, 1.82) is 0 Å². The Balaban J connectivity index is 1.10.